The molecular formula is C13H24FNO. The van der Waals surface area contributed by atoms with Crippen molar-refractivity contribution in [3.63, 3.8) is 0 Å². The summed E-state index contributed by atoms with van der Waals surface area (Å²) in [6.07, 6.45) is 3.11. The molecular weight excluding hydrogens is 205 g/mol. The van der Waals surface area contributed by atoms with E-state index in [2.05, 4.69) is 11.8 Å². The topological polar surface area (TPSA) is 12.5 Å². The fourth-order valence-corrected chi connectivity index (χ4v) is 2.73. The summed E-state index contributed by atoms with van der Waals surface area (Å²) in [6, 6.07) is 0. The van der Waals surface area contributed by atoms with Crippen LogP contribution in [0.1, 0.15) is 33.1 Å². The molecule has 2 aliphatic rings. The second-order valence-corrected chi connectivity index (χ2v) is 5.57. The van der Waals surface area contributed by atoms with Gasteiger partial charge < -0.3 is 4.74 Å². The monoisotopic (exact) mass is 229 g/mol. The summed E-state index contributed by atoms with van der Waals surface area (Å²) in [5.41, 5.74) is 0. The molecule has 0 aromatic carbocycles. The van der Waals surface area contributed by atoms with Gasteiger partial charge in [0.15, 0.2) is 0 Å². The molecule has 0 aliphatic carbocycles. The van der Waals surface area contributed by atoms with E-state index in [1.54, 1.807) is 0 Å². The van der Waals surface area contributed by atoms with E-state index >= 15 is 0 Å². The summed E-state index contributed by atoms with van der Waals surface area (Å²) in [4.78, 5) is 2.25. The molecule has 2 heterocycles. The van der Waals surface area contributed by atoms with E-state index in [4.69, 9.17) is 4.74 Å². The van der Waals surface area contributed by atoms with Crippen LogP contribution in [-0.4, -0.2) is 43.4 Å². The van der Waals surface area contributed by atoms with Crippen molar-refractivity contribution in [1.29, 1.82) is 0 Å². The summed E-state index contributed by atoms with van der Waals surface area (Å²) >= 11 is 0. The van der Waals surface area contributed by atoms with E-state index in [0.29, 0.717) is 18.6 Å². The van der Waals surface area contributed by atoms with Gasteiger partial charge in [0.1, 0.15) is 6.17 Å². The highest BCUT2D eigenvalue weighted by molar-refractivity contribution is 4.81. The minimum atomic E-state index is -0.646. The number of alkyl halides is 1. The number of ether oxygens (including phenoxy) is 1. The zero-order valence-electron chi connectivity index (χ0n) is 10.5. The standard InChI is InChI=1S/C13H24FNO/c1-10-5-6-15(8-12(10)14)9-13-11(2)4-3-7-16-13/h10-13H,3-9H2,1-2H3/t10-,11+,12+,13-/m1/s1. The lowest BCUT2D eigenvalue weighted by Gasteiger charge is -2.38. The summed E-state index contributed by atoms with van der Waals surface area (Å²) in [7, 11) is 0. The summed E-state index contributed by atoms with van der Waals surface area (Å²) in [6.45, 7) is 7.72. The van der Waals surface area contributed by atoms with E-state index in [0.717, 1.165) is 26.1 Å². The van der Waals surface area contributed by atoms with E-state index < -0.39 is 6.17 Å². The Balaban J connectivity index is 1.80. The molecule has 0 bridgehead atoms. The lowest BCUT2D eigenvalue weighted by Crippen LogP contribution is -2.46. The van der Waals surface area contributed by atoms with Crippen molar-refractivity contribution in [2.45, 2.75) is 45.4 Å². The highest BCUT2D eigenvalue weighted by Crippen LogP contribution is 2.24. The van der Waals surface area contributed by atoms with Gasteiger partial charge >= 0.3 is 0 Å². The van der Waals surface area contributed by atoms with Crippen LogP contribution in [0.2, 0.25) is 0 Å². The third kappa shape index (κ3) is 2.95. The molecule has 2 aliphatic heterocycles. The van der Waals surface area contributed by atoms with Crippen molar-refractivity contribution in [3.05, 3.63) is 0 Å². The van der Waals surface area contributed by atoms with Crippen LogP contribution in [0.3, 0.4) is 0 Å². The molecule has 2 rings (SSSR count). The van der Waals surface area contributed by atoms with Gasteiger partial charge in [-0.25, -0.2) is 4.39 Å². The molecule has 0 amide bonds. The normalized spacial score (nSPS) is 42.2. The molecule has 0 aromatic rings. The van der Waals surface area contributed by atoms with Crippen LogP contribution in [-0.2, 0) is 4.74 Å². The van der Waals surface area contributed by atoms with Gasteiger partial charge in [0.2, 0.25) is 0 Å². The zero-order valence-corrected chi connectivity index (χ0v) is 10.5. The smallest absolute Gasteiger partial charge is 0.115 e. The minimum absolute atomic E-state index is 0.237. The van der Waals surface area contributed by atoms with Crippen LogP contribution in [0.4, 0.5) is 4.39 Å². The number of nitrogens with zero attached hydrogens (tertiary/aromatic N) is 1. The van der Waals surface area contributed by atoms with Gasteiger partial charge in [-0.1, -0.05) is 13.8 Å². The number of hydrogen-bond donors (Lipinski definition) is 0. The predicted octanol–water partition coefficient (Wildman–Crippen LogP) is 2.48. The molecule has 2 saturated heterocycles. The second kappa shape index (κ2) is 5.46. The number of halogens is 1. The second-order valence-electron chi connectivity index (χ2n) is 5.57. The number of hydrogen-bond acceptors (Lipinski definition) is 2. The van der Waals surface area contributed by atoms with Gasteiger partial charge in [0.25, 0.3) is 0 Å². The van der Waals surface area contributed by atoms with Crippen molar-refractivity contribution in [2.24, 2.45) is 11.8 Å². The molecule has 0 saturated carbocycles. The lowest BCUT2D eigenvalue weighted by molar-refractivity contribution is -0.0484. The summed E-state index contributed by atoms with van der Waals surface area (Å²) in [5, 5.41) is 0. The summed E-state index contributed by atoms with van der Waals surface area (Å²) < 4.78 is 19.4. The van der Waals surface area contributed by atoms with Crippen molar-refractivity contribution in [1.82, 2.24) is 4.90 Å². The van der Waals surface area contributed by atoms with Crippen molar-refractivity contribution in [2.75, 3.05) is 26.2 Å². The molecule has 16 heavy (non-hydrogen) atoms. The van der Waals surface area contributed by atoms with E-state index in [9.17, 15) is 4.39 Å². The molecule has 2 nitrogen and oxygen atoms in total. The first kappa shape index (κ1) is 12.3. The van der Waals surface area contributed by atoms with Crippen LogP contribution in [0, 0.1) is 11.8 Å². The Morgan fingerprint density at radius 2 is 2.06 bits per heavy atom. The number of likely N-dealkylation sites (tertiary alicyclic amines) is 1. The Morgan fingerprint density at radius 1 is 1.25 bits per heavy atom. The third-order valence-corrected chi connectivity index (χ3v) is 4.16. The first-order valence-corrected chi connectivity index (χ1v) is 6.65. The fourth-order valence-electron chi connectivity index (χ4n) is 2.73. The number of piperidine rings is 1. The van der Waals surface area contributed by atoms with Crippen LogP contribution < -0.4 is 0 Å². The van der Waals surface area contributed by atoms with Gasteiger partial charge in [0.05, 0.1) is 6.10 Å². The van der Waals surface area contributed by atoms with Gasteiger partial charge in [-0.05, 0) is 37.6 Å². The van der Waals surface area contributed by atoms with Crippen molar-refractivity contribution >= 4 is 0 Å². The predicted molar refractivity (Wildman–Crippen MR) is 63.3 cm³/mol. The first-order chi connectivity index (χ1) is 7.66. The van der Waals surface area contributed by atoms with E-state index in [1.165, 1.54) is 12.8 Å². The molecule has 2 fully saturated rings. The minimum Gasteiger partial charge on any atom is -0.377 e. The van der Waals surface area contributed by atoms with Gasteiger partial charge in [0, 0.05) is 19.7 Å². The highest BCUT2D eigenvalue weighted by Gasteiger charge is 2.30. The molecule has 0 radical (unpaired) electrons. The molecule has 3 heteroatoms. The molecule has 0 spiro atoms. The third-order valence-electron chi connectivity index (χ3n) is 4.16. The summed E-state index contributed by atoms with van der Waals surface area (Å²) in [5.74, 6) is 0.868. The molecule has 94 valence electrons. The average Bonchev–Trinajstić information content (AvgIpc) is 2.27. The van der Waals surface area contributed by atoms with Crippen LogP contribution in [0.15, 0.2) is 0 Å². The van der Waals surface area contributed by atoms with Crippen molar-refractivity contribution < 1.29 is 9.13 Å². The average molecular weight is 229 g/mol. The molecule has 4 atom stereocenters. The quantitative estimate of drug-likeness (QED) is 0.721. The maximum absolute atomic E-state index is 13.6. The highest BCUT2D eigenvalue weighted by atomic mass is 19.1. The van der Waals surface area contributed by atoms with Gasteiger partial charge in [-0.2, -0.15) is 0 Å². The fraction of sp³-hybridized carbons (Fsp3) is 1.00. The molecule has 0 aromatic heterocycles. The first-order valence-electron chi connectivity index (χ1n) is 6.65. The zero-order chi connectivity index (χ0) is 11.5. The SMILES string of the molecule is C[C@@H]1CCN(C[C@H]2OCCC[C@@H]2C)C[C@@H]1F. The van der Waals surface area contributed by atoms with Gasteiger partial charge in [-0.15, -0.1) is 0 Å². The van der Waals surface area contributed by atoms with Crippen LogP contribution in [0.25, 0.3) is 0 Å². The molecule has 0 unspecified atom stereocenters. The molecule has 0 N–H and O–H groups in total. The Labute approximate surface area is 98.1 Å². The maximum Gasteiger partial charge on any atom is 0.115 e. The maximum atomic E-state index is 13.6. The van der Waals surface area contributed by atoms with Gasteiger partial charge in [-0.3, -0.25) is 4.90 Å². The lowest BCUT2D eigenvalue weighted by atomic mass is 9.93. The Kier molecular flexibility index (Phi) is 4.20. The van der Waals surface area contributed by atoms with Crippen LogP contribution in [0.5, 0.6) is 0 Å². The van der Waals surface area contributed by atoms with E-state index in [1.807, 2.05) is 6.92 Å². The largest absolute Gasteiger partial charge is 0.377 e. The Hall–Kier alpha value is -0.150. The number of rotatable bonds is 2. The Bertz CT molecular complexity index is 224. The Morgan fingerprint density at radius 3 is 2.75 bits per heavy atom. The van der Waals surface area contributed by atoms with Crippen LogP contribution >= 0.6 is 0 Å². The van der Waals surface area contributed by atoms with Crippen molar-refractivity contribution in [3.8, 4) is 0 Å². The van der Waals surface area contributed by atoms with E-state index in [-0.39, 0.29) is 5.92 Å².